The molecule has 0 amide bonds. The highest BCUT2D eigenvalue weighted by Gasteiger charge is 2.39. The smallest absolute Gasteiger partial charge is 0.326 e. The Bertz CT molecular complexity index is 476. The van der Waals surface area contributed by atoms with E-state index >= 15 is 0 Å². The lowest BCUT2D eigenvalue weighted by molar-refractivity contribution is -0.147. The van der Waals surface area contributed by atoms with Crippen molar-refractivity contribution in [2.75, 3.05) is 31.9 Å². The molecule has 1 aliphatic rings. The average Bonchev–Trinajstić information content (AvgIpc) is 3.08. The van der Waals surface area contributed by atoms with Crippen molar-refractivity contribution in [3.63, 3.8) is 0 Å². The first kappa shape index (κ1) is 15.5. The molecule has 0 spiro atoms. The van der Waals surface area contributed by atoms with E-state index in [1.165, 1.54) is 30.2 Å². The lowest BCUT2D eigenvalue weighted by Gasteiger charge is -2.27. The predicted octanol–water partition coefficient (Wildman–Crippen LogP) is 1.38. The minimum Gasteiger partial charge on any atom is -0.468 e. The summed E-state index contributed by atoms with van der Waals surface area (Å²) in [6.07, 6.45) is 2.25. The van der Waals surface area contributed by atoms with E-state index in [2.05, 4.69) is 15.5 Å². The van der Waals surface area contributed by atoms with Crippen molar-refractivity contribution in [2.45, 2.75) is 35.7 Å². The summed E-state index contributed by atoms with van der Waals surface area (Å²) in [6, 6.07) is 0.437. The maximum Gasteiger partial charge on any atom is 0.326 e. The zero-order valence-corrected chi connectivity index (χ0v) is 13.8. The van der Waals surface area contributed by atoms with Crippen molar-refractivity contribution in [3.05, 3.63) is 0 Å². The second-order valence-electron chi connectivity index (χ2n) is 5.28. The number of thioether (sulfide) groups is 1. The van der Waals surface area contributed by atoms with Crippen molar-refractivity contribution in [1.29, 1.82) is 0 Å². The van der Waals surface area contributed by atoms with Crippen LogP contribution in [0.5, 0.6) is 0 Å². The number of rotatable bonds is 7. The van der Waals surface area contributed by atoms with Crippen LogP contribution in [-0.4, -0.2) is 54.7 Å². The van der Waals surface area contributed by atoms with E-state index in [1.54, 1.807) is 0 Å². The van der Waals surface area contributed by atoms with Gasteiger partial charge in [-0.15, -0.1) is 10.2 Å². The Hall–Kier alpha value is -0.860. The molecule has 0 bridgehead atoms. The molecule has 0 aliphatic heterocycles. The van der Waals surface area contributed by atoms with Gasteiger partial charge in [0, 0.05) is 25.9 Å². The van der Waals surface area contributed by atoms with E-state index in [0.29, 0.717) is 11.8 Å². The molecule has 2 rings (SSSR count). The summed E-state index contributed by atoms with van der Waals surface area (Å²) >= 11 is 3.06. The number of hydrogen-bond acceptors (Lipinski definition) is 8. The zero-order valence-electron chi connectivity index (χ0n) is 12.2. The van der Waals surface area contributed by atoms with Gasteiger partial charge < -0.3 is 9.64 Å². The Morgan fingerprint density at radius 3 is 2.75 bits per heavy atom. The van der Waals surface area contributed by atoms with E-state index in [0.717, 1.165) is 22.3 Å². The number of hydrogen-bond donors (Lipinski definition) is 1. The number of nitrogens with one attached hydrogen (secondary N) is 1. The molecular formula is C12H20N4O2S2. The number of nitrogens with zero attached hydrogens (tertiary/aromatic N) is 3. The maximum absolute atomic E-state index is 12.0. The Kier molecular flexibility index (Phi) is 4.87. The van der Waals surface area contributed by atoms with Gasteiger partial charge in [-0.3, -0.25) is 10.1 Å². The number of carbonyl (C=O) groups is 1. The van der Waals surface area contributed by atoms with Crippen LogP contribution in [0.1, 0.15) is 19.8 Å². The molecule has 1 fully saturated rings. The van der Waals surface area contributed by atoms with Crippen LogP contribution in [0.2, 0.25) is 0 Å². The lowest BCUT2D eigenvalue weighted by Crippen LogP contribution is -2.53. The zero-order chi connectivity index (χ0) is 14.8. The van der Waals surface area contributed by atoms with Gasteiger partial charge in [-0.2, -0.15) is 0 Å². The molecule has 20 heavy (non-hydrogen) atoms. The van der Waals surface area contributed by atoms with E-state index in [-0.39, 0.29) is 5.97 Å². The standard InChI is InChI=1S/C12H20N4O2S2/c1-12(9(17)18-4,13-8-5-6-8)7-19-11-15-14-10(20-11)16(2)3/h8,13H,5-7H2,1-4H3. The molecule has 1 aliphatic carbocycles. The van der Waals surface area contributed by atoms with Crippen molar-refractivity contribution in [1.82, 2.24) is 15.5 Å². The van der Waals surface area contributed by atoms with E-state index in [1.807, 2.05) is 25.9 Å². The molecule has 0 saturated heterocycles. The van der Waals surface area contributed by atoms with Crippen LogP contribution in [0.25, 0.3) is 0 Å². The fourth-order valence-electron chi connectivity index (χ4n) is 1.71. The second kappa shape index (κ2) is 6.28. The molecule has 1 aromatic heterocycles. The number of methoxy groups -OCH3 is 1. The van der Waals surface area contributed by atoms with Crippen LogP contribution < -0.4 is 10.2 Å². The first-order valence-corrected chi connectivity index (χ1v) is 8.24. The third-order valence-corrected chi connectivity index (χ3v) is 5.54. The summed E-state index contributed by atoms with van der Waals surface area (Å²) in [6.45, 7) is 1.89. The number of aromatic nitrogens is 2. The molecular weight excluding hydrogens is 296 g/mol. The third kappa shape index (κ3) is 3.83. The van der Waals surface area contributed by atoms with E-state index in [4.69, 9.17) is 4.74 Å². The van der Waals surface area contributed by atoms with Crippen molar-refractivity contribution in [2.24, 2.45) is 0 Å². The SMILES string of the molecule is COC(=O)C(C)(CSc1nnc(N(C)C)s1)NC1CC1. The lowest BCUT2D eigenvalue weighted by atomic mass is 10.1. The maximum atomic E-state index is 12.0. The van der Waals surface area contributed by atoms with Crippen LogP contribution in [0.15, 0.2) is 4.34 Å². The first-order valence-electron chi connectivity index (χ1n) is 6.44. The summed E-state index contributed by atoms with van der Waals surface area (Å²) < 4.78 is 5.78. The summed E-state index contributed by atoms with van der Waals surface area (Å²) in [4.78, 5) is 13.9. The van der Waals surface area contributed by atoms with Crippen molar-refractivity contribution < 1.29 is 9.53 Å². The Morgan fingerprint density at radius 1 is 1.55 bits per heavy atom. The van der Waals surface area contributed by atoms with Crippen LogP contribution in [-0.2, 0) is 9.53 Å². The van der Waals surface area contributed by atoms with Gasteiger partial charge in [0.1, 0.15) is 5.54 Å². The highest BCUT2D eigenvalue weighted by Crippen LogP contribution is 2.31. The quantitative estimate of drug-likeness (QED) is 0.602. The highest BCUT2D eigenvalue weighted by molar-refractivity contribution is 8.01. The molecule has 1 aromatic rings. The predicted molar refractivity (Wildman–Crippen MR) is 81.5 cm³/mol. The van der Waals surface area contributed by atoms with Gasteiger partial charge in [0.05, 0.1) is 7.11 Å². The second-order valence-corrected chi connectivity index (χ2v) is 7.45. The molecule has 0 radical (unpaired) electrons. The fourth-order valence-corrected chi connectivity index (χ4v) is 3.56. The van der Waals surface area contributed by atoms with E-state index in [9.17, 15) is 4.79 Å². The van der Waals surface area contributed by atoms with Gasteiger partial charge in [0.25, 0.3) is 0 Å². The van der Waals surface area contributed by atoms with E-state index < -0.39 is 5.54 Å². The van der Waals surface area contributed by atoms with Gasteiger partial charge in [-0.05, 0) is 19.8 Å². The summed E-state index contributed by atoms with van der Waals surface area (Å²) in [5.41, 5.74) is -0.676. The van der Waals surface area contributed by atoms with Crippen molar-refractivity contribution >= 4 is 34.2 Å². The average molecular weight is 316 g/mol. The van der Waals surface area contributed by atoms with Gasteiger partial charge in [-0.25, -0.2) is 0 Å². The van der Waals surface area contributed by atoms with Crippen molar-refractivity contribution in [3.8, 4) is 0 Å². The molecule has 1 heterocycles. The van der Waals surface area contributed by atoms with Gasteiger partial charge in [0.15, 0.2) is 4.34 Å². The van der Waals surface area contributed by atoms with Crippen LogP contribution in [0, 0.1) is 0 Å². The van der Waals surface area contributed by atoms with Gasteiger partial charge in [0.2, 0.25) is 5.13 Å². The number of ether oxygens (including phenoxy) is 1. The molecule has 6 nitrogen and oxygen atoms in total. The first-order chi connectivity index (χ1) is 9.44. The normalized spacial score (nSPS) is 17.6. The van der Waals surface area contributed by atoms with Gasteiger partial charge in [-0.1, -0.05) is 23.1 Å². The molecule has 1 unspecified atom stereocenters. The minimum atomic E-state index is -0.676. The monoisotopic (exact) mass is 316 g/mol. The highest BCUT2D eigenvalue weighted by atomic mass is 32.2. The summed E-state index contributed by atoms with van der Waals surface area (Å²) in [5.74, 6) is 0.354. The molecule has 112 valence electrons. The fraction of sp³-hybridized carbons (Fsp3) is 0.750. The Morgan fingerprint density at radius 2 is 2.25 bits per heavy atom. The van der Waals surface area contributed by atoms with Gasteiger partial charge >= 0.3 is 5.97 Å². The minimum absolute atomic E-state index is 0.228. The summed E-state index contributed by atoms with van der Waals surface area (Å²) in [5, 5.41) is 12.5. The molecule has 1 atom stereocenters. The number of esters is 1. The number of anilines is 1. The topological polar surface area (TPSA) is 67.3 Å². The van der Waals surface area contributed by atoms with Crippen LogP contribution in [0.3, 0.4) is 0 Å². The molecule has 1 N–H and O–H groups in total. The Balaban J connectivity index is 1.98. The summed E-state index contributed by atoms with van der Waals surface area (Å²) in [7, 11) is 5.29. The molecule has 1 saturated carbocycles. The Labute approximate surface area is 127 Å². The largest absolute Gasteiger partial charge is 0.468 e. The molecule has 0 aromatic carbocycles. The number of carbonyl (C=O) groups excluding carboxylic acids is 1. The molecule has 8 heteroatoms. The van der Waals surface area contributed by atoms with Crippen LogP contribution >= 0.6 is 23.1 Å². The third-order valence-electron chi connectivity index (χ3n) is 3.00. The van der Waals surface area contributed by atoms with Crippen LogP contribution in [0.4, 0.5) is 5.13 Å².